The number of benzene rings is 1. The van der Waals surface area contributed by atoms with Crippen LogP contribution in [0.5, 0.6) is 0 Å². The summed E-state index contributed by atoms with van der Waals surface area (Å²) >= 11 is 0. The van der Waals surface area contributed by atoms with E-state index in [1.54, 1.807) is 11.1 Å². The molecular formula is C20H23N3O2. The maximum Gasteiger partial charge on any atom is 0.240 e. The molecule has 2 heterocycles. The first-order valence-electron chi connectivity index (χ1n) is 8.68. The molecule has 5 nitrogen and oxygen atoms in total. The van der Waals surface area contributed by atoms with Gasteiger partial charge in [-0.15, -0.1) is 0 Å². The Kier molecular flexibility index (Phi) is 5.43. The lowest BCUT2D eigenvalue weighted by Crippen LogP contribution is -2.44. The number of carbonyl (C=O) groups excluding carboxylic acids is 2. The van der Waals surface area contributed by atoms with E-state index >= 15 is 0 Å². The van der Waals surface area contributed by atoms with Gasteiger partial charge in [0.25, 0.3) is 0 Å². The van der Waals surface area contributed by atoms with Crippen LogP contribution in [0.1, 0.15) is 42.1 Å². The Labute approximate surface area is 148 Å². The standard InChI is InChI=1S/C20H23N3O2/c1-15-7-6-8-16(13-15)20(17-9-2-4-11-21-17)22-18(24)14-23-12-5-3-10-19(23)25/h2,4,6-9,11,13,20H,3,5,10,12,14H2,1H3,(H,22,24)/t20-/m1/s1. The summed E-state index contributed by atoms with van der Waals surface area (Å²) in [6.07, 6.45) is 4.13. The molecule has 2 aromatic rings. The number of nitrogens with zero attached hydrogens (tertiary/aromatic N) is 2. The molecule has 0 bridgehead atoms. The largest absolute Gasteiger partial charge is 0.342 e. The number of hydrogen-bond acceptors (Lipinski definition) is 3. The Hall–Kier alpha value is -2.69. The normalized spacial score (nSPS) is 15.7. The zero-order valence-corrected chi connectivity index (χ0v) is 14.4. The molecule has 2 amide bonds. The smallest absolute Gasteiger partial charge is 0.240 e. The second-order valence-electron chi connectivity index (χ2n) is 6.44. The third-order valence-electron chi connectivity index (χ3n) is 4.42. The highest BCUT2D eigenvalue weighted by Gasteiger charge is 2.23. The maximum atomic E-state index is 12.6. The molecule has 130 valence electrons. The van der Waals surface area contributed by atoms with Gasteiger partial charge in [0.05, 0.1) is 18.3 Å². The molecule has 1 N–H and O–H groups in total. The van der Waals surface area contributed by atoms with Crippen LogP contribution in [0.25, 0.3) is 0 Å². The molecule has 1 aromatic heterocycles. The van der Waals surface area contributed by atoms with Crippen LogP contribution >= 0.6 is 0 Å². The second-order valence-corrected chi connectivity index (χ2v) is 6.44. The van der Waals surface area contributed by atoms with Crippen molar-refractivity contribution in [1.29, 1.82) is 0 Å². The van der Waals surface area contributed by atoms with Crippen LogP contribution in [0.4, 0.5) is 0 Å². The van der Waals surface area contributed by atoms with Gasteiger partial charge in [-0.25, -0.2) is 0 Å². The lowest BCUT2D eigenvalue weighted by atomic mass is 10.0. The number of likely N-dealkylation sites (tertiary alicyclic amines) is 1. The Balaban J connectivity index is 1.78. The average molecular weight is 337 g/mol. The lowest BCUT2D eigenvalue weighted by Gasteiger charge is -2.27. The third-order valence-corrected chi connectivity index (χ3v) is 4.42. The van der Waals surface area contributed by atoms with Crippen molar-refractivity contribution in [3.63, 3.8) is 0 Å². The van der Waals surface area contributed by atoms with E-state index in [1.165, 1.54) is 0 Å². The molecule has 1 fully saturated rings. The minimum absolute atomic E-state index is 0.0614. The monoisotopic (exact) mass is 337 g/mol. The minimum Gasteiger partial charge on any atom is -0.342 e. The summed E-state index contributed by atoms with van der Waals surface area (Å²) in [5.41, 5.74) is 2.89. The summed E-state index contributed by atoms with van der Waals surface area (Å²) in [7, 11) is 0. The highest BCUT2D eigenvalue weighted by atomic mass is 16.2. The van der Waals surface area contributed by atoms with Crippen molar-refractivity contribution < 1.29 is 9.59 Å². The fraction of sp³-hybridized carbons (Fsp3) is 0.350. The fourth-order valence-electron chi connectivity index (χ4n) is 3.13. The summed E-state index contributed by atoms with van der Waals surface area (Å²) in [5.74, 6) is -0.0984. The molecule has 1 aliphatic rings. The van der Waals surface area contributed by atoms with Gasteiger partial charge < -0.3 is 10.2 Å². The molecule has 0 aliphatic carbocycles. The summed E-state index contributed by atoms with van der Waals surface area (Å²) in [5, 5.41) is 3.05. The van der Waals surface area contributed by atoms with Crippen LogP contribution in [0.15, 0.2) is 48.7 Å². The van der Waals surface area contributed by atoms with E-state index in [0.717, 1.165) is 29.7 Å². The third kappa shape index (κ3) is 4.44. The van der Waals surface area contributed by atoms with Crippen molar-refractivity contribution >= 4 is 11.8 Å². The van der Waals surface area contributed by atoms with Gasteiger partial charge in [-0.1, -0.05) is 35.9 Å². The Morgan fingerprint density at radius 3 is 2.84 bits per heavy atom. The van der Waals surface area contributed by atoms with E-state index in [-0.39, 0.29) is 24.4 Å². The van der Waals surface area contributed by atoms with Gasteiger partial charge in [0.15, 0.2) is 0 Å². The van der Waals surface area contributed by atoms with Crippen molar-refractivity contribution in [2.75, 3.05) is 13.1 Å². The maximum absolute atomic E-state index is 12.6. The summed E-state index contributed by atoms with van der Waals surface area (Å²) < 4.78 is 0. The first kappa shape index (κ1) is 17.1. The van der Waals surface area contributed by atoms with Crippen molar-refractivity contribution in [3.05, 3.63) is 65.5 Å². The number of piperidine rings is 1. The Morgan fingerprint density at radius 1 is 1.24 bits per heavy atom. The molecule has 1 aromatic carbocycles. The highest BCUT2D eigenvalue weighted by Crippen LogP contribution is 2.21. The number of amides is 2. The van der Waals surface area contributed by atoms with Gasteiger partial charge >= 0.3 is 0 Å². The van der Waals surface area contributed by atoms with Gasteiger partial charge in [0.2, 0.25) is 11.8 Å². The molecule has 1 saturated heterocycles. The van der Waals surface area contributed by atoms with E-state index in [1.807, 2.05) is 49.4 Å². The number of aromatic nitrogens is 1. The SMILES string of the molecule is Cc1cccc([C@@H](NC(=O)CN2CCCCC2=O)c2ccccn2)c1. The van der Waals surface area contributed by atoms with Gasteiger partial charge in [0.1, 0.15) is 0 Å². The molecule has 0 unspecified atom stereocenters. The van der Waals surface area contributed by atoms with Gasteiger partial charge in [-0.3, -0.25) is 14.6 Å². The van der Waals surface area contributed by atoms with Crippen molar-refractivity contribution in [2.45, 2.75) is 32.2 Å². The topological polar surface area (TPSA) is 62.3 Å². The molecule has 0 radical (unpaired) electrons. The molecule has 0 spiro atoms. The molecule has 5 heteroatoms. The van der Waals surface area contributed by atoms with E-state index in [2.05, 4.69) is 10.3 Å². The van der Waals surface area contributed by atoms with Crippen molar-refractivity contribution in [3.8, 4) is 0 Å². The number of rotatable bonds is 5. The number of pyridine rings is 1. The van der Waals surface area contributed by atoms with Crippen LogP contribution in [0, 0.1) is 6.92 Å². The Morgan fingerprint density at radius 2 is 2.12 bits per heavy atom. The molecule has 25 heavy (non-hydrogen) atoms. The predicted molar refractivity (Wildman–Crippen MR) is 95.8 cm³/mol. The van der Waals surface area contributed by atoms with E-state index in [0.29, 0.717) is 13.0 Å². The van der Waals surface area contributed by atoms with E-state index in [4.69, 9.17) is 0 Å². The highest BCUT2D eigenvalue weighted by molar-refractivity contribution is 5.85. The molecule has 3 rings (SSSR count). The summed E-state index contributed by atoms with van der Waals surface area (Å²) in [6, 6.07) is 13.4. The molecular weight excluding hydrogens is 314 g/mol. The van der Waals surface area contributed by atoms with Crippen LogP contribution in [0.2, 0.25) is 0 Å². The number of carbonyl (C=O) groups is 2. The van der Waals surface area contributed by atoms with E-state index in [9.17, 15) is 9.59 Å². The lowest BCUT2D eigenvalue weighted by molar-refractivity contribution is -0.138. The van der Waals surface area contributed by atoms with Crippen LogP contribution < -0.4 is 5.32 Å². The number of aryl methyl sites for hydroxylation is 1. The molecule has 1 atom stereocenters. The number of nitrogens with one attached hydrogen (secondary N) is 1. The quantitative estimate of drug-likeness (QED) is 0.912. The summed E-state index contributed by atoms with van der Waals surface area (Å²) in [6.45, 7) is 2.78. The Bertz CT molecular complexity index is 746. The van der Waals surface area contributed by atoms with Crippen LogP contribution in [-0.4, -0.2) is 34.8 Å². The van der Waals surface area contributed by atoms with E-state index < -0.39 is 0 Å². The molecule has 0 saturated carbocycles. The summed E-state index contributed by atoms with van der Waals surface area (Å²) in [4.78, 5) is 30.5. The van der Waals surface area contributed by atoms with Gasteiger partial charge in [-0.05, 0) is 37.5 Å². The first-order chi connectivity index (χ1) is 12.1. The van der Waals surface area contributed by atoms with Crippen LogP contribution in [0.3, 0.4) is 0 Å². The minimum atomic E-state index is -0.325. The van der Waals surface area contributed by atoms with Gasteiger partial charge in [-0.2, -0.15) is 0 Å². The van der Waals surface area contributed by atoms with Gasteiger partial charge in [0, 0.05) is 19.2 Å². The zero-order valence-electron chi connectivity index (χ0n) is 14.4. The zero-order chi connectivity index (χ0) is 17.6. The number of hydrogen-bond donors (Lipinski definition) is 1. The average Bonchev–Trinajstić information content (AvgIpc) is 2.62. The van der Waals surface area contributed by atoms with Crippen LogP contribution in [-0.2, 0) is 9.59 Å². The fourth-order valence-corrected chi connectivity index (χ4v) is 3.13. The second kappa shape index (κ2) is 7.92. The van der Waals surface area contributed by atoms with Crippen molar-refractivity contribution in [2.24, 2.45) is 0 Å². The van der Waals surface area contributed by atoms with Crippen molar-refractivity contribution in [1.82, 2.24) is 15.2 Å². The predicted octanol–water partition coefficient (Wildman–Crippen LogP) is 2.61. The first-order valence-corrected chi connectivity index (χ1v) is 8.68. The molecule has 1 aliphatic heterocycles.